The van der Waals surface area contributed by atoms with E-state index in [9.17, 15) is 4.57 Å². The van der Waals surface area contributed by atoms with Crippen LogP contribution in [-0.4, -0.2) is 92.7 Å². The molecule has 0 fully saturated rings. The maximum atomic E-state index is 10.2. The highest BCUT2D eigenvalue weighted by molar-refractivity contribution is 7.46. The van der Waals surface area contributed by atoms with Crippen molar-refractivity contribution < 1.29 is 48.0 Å². The minimum atomic E-state index is -4.26. The molecule has 0 aromatic carbocycles. The van der Waals surface area contributed by atoms with Gasteiger partial charge in [-0.15, -0.1) is 0 Å². The van der Waals surface area contributed by atoms with Gasteiger partial charge in [0.2, 0.25) is 0 Å². The molecule has 0 amide bonds. The summed E-state index contributed by atoms with van der Waals surface area (Å²) in [6.07, 6.45) is 0. The Hall–Kier alpha value is -0.130. The zero-order valence-electron chi connectivity index (χ0n) is 18.0. The standard InChI is InChI=1S/C8H18O5.C5H13O4P.C4H10O/c9-1-3-11-5-7-13-8-6-12-4-2-10;1-5(2,3)4-9-10(6,7)8;1-3-5-4-2/h9-10H,1-8H2;4H2,1-3H3,(H2,6,7,8);3-4H2,1-2H3. The monoisotopic (exact) mass is 436 g/mol. The molecule has 28 heavy (non-hydrogen) atoms. The van der Waals surface area contributed by atoms with Crippen LogP contribution >= 0.6 is 7.82 Å². The van der Waals surface area contributed by atoms with Crippen molar-refractivity contribution in [2.45, 2.75) is 34.6 Å². The molecule has 0 bridgehead atoms. The Kier molecular flexibility index (Phi) is 26.9. The zero-order chi connectivity index (χ0) is 22.3. The Bertz CT molecular complexity index is 318. The molecular weight excluding hydrogens is 395 g/mol. The highest BCUT2D eigenvalue weighted by Gasteiger charge is 2.19. The van der Waals surface area contributed by atoms with Crippen molar-refractivity contribution in [3.8, 4) is 0 Å². The van der Waals surface area contributed by atoms with Crippen LogP contribution in [0.3, 0.4) is 0 Å². The van der Waals surface area contributed by atoms with Gasteiger partial charge in [0.25, 0.3) is 0 Å². The summed E-state index contributed by atoms with van der Waals surface area (Å²) in [6, 6.07) is 0. The molecule has 0 aromatic heterocycles. The maximum absolute atomic E-state index is 10.2. The number of hydrogen-bond acceptors (Lipinski definition) is 8. The molecule has 4 N–H and O–H groups in total. The van der Waals surface area contributed by atoms with Crippen molar-refractivity contribution >= 4 is 7.82 Å². The lowest BCUT2D eigenvalue weighted by atomic mass is 9.99. The summed E-state index contributed by atoms with van der Waals surface area (Å²) < 4.78 is 34.3. The van der Waals surface area contributed by atoms with E-state index in [2.05, 4.69) is 4.52 Å². The normalized spacial score (nSPS) is 11.3. The molecule has 0 unspecified atom stereocenters. The lowest BCUT2D eigenvalue weighted by molar-refractivity contribution is 0.00230. The summed E-state index contributed by atoms with van der Waals surface area (Å²) in [4.78, 5) is 16.5. The fourth-order valence-electron chi connectivity index (χ4n) is 1.15. The van der Waals surface area contributed by atoms with Gasteiger partial charge in [-0.2, -0.15) is 0 Å². The third kappa shape index (κ3) is 44.9. The van der Waals surface area contributed by atoms with Crippen molar-refractivity contribution in [3.63, 3.8) is 0 Å². The maximum Gasteiger partial charge on any atom is 0.469 e. The molecule has 0 saturated heterocycles. The predicted molar refractivity (Wildman–Crippen MR) is 106 cm³/mol. The summed E-state index contributed by atoms with van der Waals surface area (Å²) in [5.74, 6) is 0. The molecule has 0 spiro atoms. The van der Waals surface area contributed by atoms with Gasteiger partial charge in [-0.3, -0.25) is 4.52 Å². The van der Waals surface area contributed by atoms with Crippen molar-refractivity contribution in [3.05, 3.63) is 0 Å². The number of phosphoric acid groups is 1. The fraction of sp³-hybridized carbons (Fsp3) is 1.00. The molecule has 0 radical (unpaired) electrons. The van der Waals surface area contributed by atoms with E-state index in [1.54, 1.807) is 0 Å². The Morgan fingerprint density at radius 2 is 1.07 bits per heavy atom. The van der Waals surface area contributed by atoms with E-state index < -0.39 is 7.82 Å². The van der Waals surface area contributed by atoms with Gasteiger partial charge < -0.3 is 38.9 Å². The van der Waals surface area contributed by atoms with Gasteiger partial charge in [-0.25, -0.2) is 4.57 Å². The number of rotatable bonds is 14. The third-order valence-electron chi connectivity index (χ3n) is 2.29. The van der Waals surface area contributed by atoms with Gasteiger partial charge in [0.05, 0.1) is 59.5 Å². The van der Waals surface area contributed by atoms with Gasteiger partial charge in [-0.05, 0) is 19.3 Å². The molecule has 11 heteroatoms. The quantitative estimate of drug-likeness (QED) is 0.232. The first-order valence-electron chi connectivity index (χ1n) is 9.26. The Labute approximate surface area is 169 Å². The second-order valence-corrected chi connectivity index (χ2v) is 7.63. The molecule has 0 aromatic rings. The first-order valence-corrected chi connectivity index (χ1v) is 10.8. The van der Waals surface area contributed by atoms with Crippen LogP contribution in [0.4, 0.5) is 0 Å². The van der Waals surface area contributed by atoms with Crippen LogP contribution in [0.2, 0.25) is 0 Å². The molecule has 174 valence electrons. The Morgan fingerprint density at radius 3 is 1.25 bits per heavy atom. The van der Waals surface area contributed by atoms with E-state index in [1.165, 1.54) is 0 Å². The Morgan fingerprint density at radius 1 is 0.714 bits per heavy atom. The second-order valence-electron chi connectivity index (χ2n) is 6.39. The van der Waals surface area contributed by atoms with E-state index in [0.717, 1.165) is 13.2 Å². The third-order valence-corrected chi connectivity index (χ3v) is 2.75. The zero-order valence-corrected chi connectivity index (χ0v) is 18.9. The summed E-state index contributed by atoms with van der Waals surface area (Å²) >= 11 is 0. The van der Waals surface area contributed by atoms with Crippen LogP contribution in [0, 0.1) is 5.41 Å². The summed E-state index contributed by atoms with van der Waals surface area (Å²) in [7, 11) is -4.26. The SMILES string of the molecule is CC(C)(C)COP(=O)(O)O.CCOCC.OCCOCCOCCOCCO. The van der Waals surface area contributed by atoms with Gasteiger partial charge in [-0.1, -0.05) is 20.8 Å². The van der Waals surface area contributed by atoms with E-state index in [4.69, 9.17) is 38.9 Å². The molecule has 0 atom stereocenters. The van der Waals surface area contributed by atoms with E-state index in [1.807, 2.05) is 34.6 Å². The molecule has 0 aliphatic carbocycles. The van der Waals surface area contributed by atoms with Gasteiger partial charge in [0.1, 0.15) is 0 Å². The topological polar surface area (TPSA) is 144 Å². The average Bonchev–Trinajstić information content (AvgIpc) is 2.59. The average molecular weight is 436 g/mol. The number of aliphatic hydroxyl groups is 2. The number of aliphatic hydroxyl groups excluding tert-OH is 2. The van der Waals surface area contributed by atoms with E-state index in [0.29, 0.717) is 39.6 Å². The smallest absolute Gasteiger partial charge is 0.394 e. The van der Waals surface area contributed by atoms with Crippen LogP contribution in [-0.2, 0) is 28.0 Å². The first-order chi connectivity index (χ1) is 13.0. The van der Waals surface area contributed by atoms with Crippen molar-refractivity contribution in [1.29, 1.82) is 0 Å². The van der Waals surface area contributed by atoms with Crippen LogP contribution in [0.5, 0.6) is 0 Å². The summed E-state index contributed by atoms with van der Waals surface area (Å²) in [5, 5.41) is 16.7. The van der Waals surface area contributed by atoms with Gasteiger partial charge in [0.15, 0.2) is 0 Å². The highest BCUT2D eigenvalue weighted by Crippen LogP contribution is 2.37. The van der Waals surface area contributed by atoms with Crippen LogP contribution < -0.4 is 0 Å². The Balaban J connectivity index is -0.000000368. The minimum Gasteiger partial charge on any atom is -0.394 e. The van der Waals surface area contributed by atoms with Gasteiger partial charge >= 0.3 is 7.82 Å². The highest BCUT2D eigenvalue weighted by atomic mass is 31.2. The van der Waals surface area contributed by atoms with E-state index in [-0.39, 0.29) is 25.2 Å². The number of ether oxygens (including phenoxy) is 4. The molecular formula is C17H41O10P. The molecule has 0 aliphatic rings. The van der Waals surface area contributed by atoms with Crippen LogP contribution in [0.1, 0.15) is 34.6 Å². The minimum absolute atomic E-state index is 0.0413. The van der Waals surface area contributed by atoms with E-state index >= 15 is 0 Å². The predicted octanol–water partition coefficient (Wildman–Crippen LogP) is 1.21. The lowest BCUT2D eigenvalue weighted by Crippen LogP contribution is -2.13. The number of hydrogen-bond donors (Lipinski definition) is 4. The molecule has 0 rings (SSSR count). The molecule has 0 saturated carbocycles. The van der Waals surface area contributed by atoms with Crippen LogP contribution in [0.15, 0.2) is 0 Å². The van der Waals surface area contributed by atoms with Crippen LogP contribution in [0.25, 0.3) is 0 Å². The molecule has 10 nitrogen and oxygen atoms in total. The summed E-state index contributed by atoms with van der Waals surface area (Å²) in [6.45, 7) is 14.0. The number of phosphoric ester groups is 1. The fourth-order valence-corrected chi connectivity index (χ4v) is 1.71. The summed E-state index contributed by atoms with van der Waals surface area (Å²) in [5.41, 5.74) is -0.207. The lowest BCUT2D eigenvalue weighted by Gasteiger charge is -2.17. The van der Waals surface area contributed by atoms with Crippen molar-refractivity contribution in [2.75, 3.05) is 72.7 Å². The molecule has 0 heterocycles. The van der Waals surface area contributed by atoms with Crippen molar-refractivity contribution in [1.82, 2.24) is 0 Å². The largest absolute Gasteiger partial charge is 0.469 e. The van der Waals surface area contributed by atoms with Crippen molar-refractivity contribution in [2.24, 2.45) is 5.41 Å². The molecule has 0 aliphatic heterocycles. The van der Waals surface area contributed by atoms with Gasteiger partial charge in [0, 0.05) is 13.2 Å². The second kappa shape index (κ2) is 23.2. The first kappa shape index (κ1) is 32.5.